The van der Waals surface area contributed by atoms with Gasteiger partial charge in [-0.3, -0.25) is 0 Å². The zero-order valence-corrected chi connectivity index (χ0v) is 13.3. The maximum Gasteiger partial charge on any atom is 0.227 e. The van der Waals surface area contributed by atoms with E-state index in [1.807, 2.05) is 6.07 Å². The summed E-state index contributed by atoms with van der Waals surface area (Å²) in [5.74, 6) is 0.590. The van der Waals surface area contributed by atoms with Crippen LogP contribution in [0.1, 0.15) is 16.7 Å². The summed E-state index contributed by atoms with van der Waals surface area (Å²) in [5.41, 5.74) is 0. The molecule has 0 aliphatic carbocycles. The molecule has 6 heteroatoms. The monoisotopic (exact) mass is 324 g/mol. The first kappa shape index (κ1) is 13.8. The van der Waals surface area contributed by atoms with Crippen LogP contribution in [0.3, 0.4) is 0 Å². The van der Waals surface area contributed by atoms with Crippen LogP contribution in [0.5, 0.6) is 5.88 Å². The predicted molar refractivity (Wildman–Crippen MR) is 85.3 cm³/mol. The minimum Gasteiger partial charge on any atom is -0.477 e. The quantitative estimate of drug-likeness (QED) is 0.644. The van der Waals surface area contributed by atoms with Gasteiger partial charge in [0.15, 0.2) is 0 Å². The summed E-state index contributed by atoms with van der Waals surface area (Å²) < 4.78 is 5.81. The van der Waals surface area contributed by atoms with Gasteiger partial charge >= 0.3 is 0 Å². The van der Waals surface area contributed by atoms with E-state index in [0.717, 1.165) is 23.1 Å². The highest BCUT2D eigenvalue weighted by atomic mass is 35.5. The third-order valence-electron chi connectivity index (χ3n) is 2.90. The lowest BCUT2D eigenvalue weighted by Gasteiger charge is -2.05. The molecule has 0 N–H and O–H groups in total. The topological polar surface area (TPSA) is 35.0 Å². The highest BCUT2D eigenvalue weighted by Crippen LogP contribution is 2.31. The molecular weight excluding hydrogens is 312 g/mol. The number of aromatic nitrogens is 2. The van der Waals surface area contributed by atoms with E-state index in [1.54, 1.807) is 22.7 Å². The molecular formula is C14H13ClN2OS2. The summed E-state index contributed by atoms with van der Waals surface area (Å²) in [6, 6.07) is 6.25. The number of ether oxygens (including phenoxy) is 1. The fourth-order valence-electron chi connectivity index (χ4n) is 1.91. The van der Waals surface area contributed by atoms with Gasteiger partial charge in [0.05, 0.1) is 12.0 Å². The molecule has 0 spiro atoms. The molecule has 20 heavy (non-hydrogen) atoms. The fraction of sp³-hybridized carbons (Fsp3) is 0.286. The molecule has 0 saturated carbocycles. The maximum absolute atomic E-state index is 5.96. The van der Waals surface area contributed by atoms with E-state index in [1.165, 1.54) is 9.75 Å². The van der Waals surface area contributed by atoms with Gasteiger partial charge in [-0.05, 0) is 35.5 Å². The first-order chi connectivity index (χ1) is 9.76. The lowest BCUT2D eigenvalue weighted by atomic mass is 10.3. The third kappa shape index (κ3) is 2.95. The van der Waals surface area contributed by atoms with Crippen LogP contribution in [0.25, 0.3) is 10.2 Å². The Balaban J connectivity index is 1.80. The zero-order valence-electron chi connectivity index (χ0n) is 10.9. The van der Waals surface area contributed by atoms with Gasteiger partial charge in [0, 0.05) is 16.2 Å². The number of halogens is 1. The number of rotatable bonds is 5. The molecule has 0 bridgehead atoms. The molecule has 0 aromatic carbocycles. The van der Waals surface area contributed by atoms with Crippen LogP contribution in [0.2, 0.25) is 5.28 Å². The van der Waals surface area contributed by atoms with E-state index in [0.29, 0.717) is 12.5 Å². The predicted octanol–water partition coefficient (Wildman–Crippen LogP) is 4.59. The summed E-state index contributed by atoms with van der Waals surface area (Å²) in [6.07, 6.45) is 1.86. The average Bonchev–Trinajstić information content (AvgIpc) is 3.06. The minimum atomic E-state index is 0.244. The number of fused-ring (bicyclic) bond motifs is 1. The lowest BCUT2D eigenvalue weighted by Crippen LogP contribution is -2.02. The van der Waals surface area contributed by atoms with E-state index in [4.69, 9.17) is 16.3 Å². The molecule has 0 aliphatic rings. The normalized spacial score (nSPS) is 11.1. The standard InChI is InChI=1S/C14H13ClN2OS2/c1-2-9-8-11-12(16-14(15)17-13(11)20-9)18-6-5-10-4-3-7-19-10/h3-4,7-8H,2,5-6H2,1H3. The first-order valence-corrected chi connectivity index (χ1v) is 8.45. The molecule has 0 amide bonds. The van der Waals surface area contributed by atoms with Crippen molar-refractivity contribution in [1.82, 2.24) is 9.97 Å². The van der Waals surface area contributed by atoms with Crippen LogP contribution in [-0.2, 0) is 12.8 Å². The first-order valence-electron chi connectivity index (χ1n) is 6.37. The van der Waals surface area contributed by atoms with Crippen molar-refractivity contribution in [1.29, 1.82) is 0 Å². The van der Waals surface area contributed by atoms with Gasteiger partial charge in [-0.1, -0.05) is 13.0 Å². The molecule has 3 aromatic heterocycles. The summed E-state index contributed by atoms with van der Waals surface area (Å²) >= 11 is 9.34. The van der Waals surface area contributed by atoms with E-state index in [2.05, 4.69) is 34.4 Å². The number of nitrogens with zero attached hydrogens (tertiary/aromatic N) is 2. The van der Waals surface area contributed by atoms with Crippen molar-refractivity contribution in [3.8, 4) is 5.88 Å². The van der Waals surface area contributed by atoms with E-state index < -0.39 is 0 Å². The molecule has 3 aromatic rings. The highest BCUT2D eigenvalue weighted by molar-refractivity contribution is 7.18. The molecule has 104 valence electrons. The summed E-state index contributed by atoms with van der Waals surface area (Å²) in [5, 5.41) is 3.28. The van der Waals surface area contributed by atoms with Crippen molar-refractivity contribution >= 4 is 44.5 Å². The molecule has 3 heterocycles. The van der Waals surface area contributed by atoms with Crippen LogP contribution < -0.4 is 4.74 Å². The molecule has 0 fully saturated rings. The zero-order chi connectivity index (χ0) is 13.9. The average molecular weight is 325 g/mol. The molecule has 0 atom stereocenters. The van der Waals surface area contributed by atoms with Crippen molar-refractivity contribution in [2.24, 2.45) is 0 Å². The Hall–Kier alpha value is -1.17. The smallest absolute Gasteiger partial charge is 0.227 e. The Morgan fingerprint density at radius 1 is 1.30 bits per heavy atom. The Bertz CT molecular complexity index is 709. The van der Waals surface area contributed by atoms with Gasteiger partial charge in [0.25, 0.3) is 0 Å². The van der Waals surface area contributed by atoms with Crippen LogP contribution in [0.15, 0.2) is 23.6 Å². The van der Waals surface area contributed by atoms with Crippen LogP contribution in [-0.4, -0.2) is 16.6 Å². The molecule has 0 radical (unpaired) electrons. The number of thiophene rings is 2. The highest BCUT2D eigenvalue weighted by Gasteiger charge is 2.11. The van der Waals surface area contributed by atoms with Crippen molar-refractivity contribution in [2.75, 3.05) is 6.61 Å². The second-order valence-corrected chi connectivity index (χ2v) is 6.75. The summed E-state index contributed by atoms with van der Waals surface area (Å²) in [4.78, 5) is 11.9. The SMILES string of the molecule is CCc1cc2c(OCCc3cccs3)nc(Cl)nc2s1. The second-order valence-electron chi connectivity index (χ2n) is 4.26. The van der Waals surface area contributed by atoms with Gasteiger partial charge in [0.2, 0.25) is 11.2 Å². The lowest BCUT2D eigenvalue weighted by molar-refractivity contribution is 0.314. The van der Waals surface area contributed by atoms with Crippen LogP contribution >= 0.6 is 34.3 Å². The fourth-order valence-corrected chi connectivity index (χ4v) is 3.77. The van der Waals surface area contributed by atoms with Gasteiger partial charge in [0.1, 0.15) is 4.83 Å². The van der Waals surface area contributed by atoms with E-state index in [9.17, 15) is 0 Å². The van der Waals surface area contributed by atoms with Crippen molar-refractivity contribution in [3.63, 3.8) is 0 Å². The third-order valence-corrected chi connectivity index (χ3v) is 5.18. The molecule has 3 nitrogen and oxygen atoms in total. The number of hydrogen-bond donors (Lipinski definition) is 0. The van der Waals surface area contributed by atoms with Crippen LogP contribution in [0.4, 0.5) is 0 Å². The largest absolute Gasteiger partial charge is 0.477 e. The minimum absolute atomic E-state index is 0.244. The van der Waals surface area contributed by atoms with Crippen molar-refractivity contribution in [3.05, 3.63) is 38.6 Å². The van der Waals surface area contributed by atoms with Crippen molar-refractivity contribution in [2.45, 2.75) is 19.8 Å². The van der Waals surface area contributed by atoms with E-state index in [-0.39, 0.29) is 5.28 Å². The van der Waals surface area contributed by atoms with Crippen LogP contribution in [0, 0.1) is 0 Å². The molecule has 0 saturated heterocycles. The Morgan fingerprint density at radius 2 is 2.20 bits per heavy atom. The summed E-state index contributed by atoms with van der Waals surface area (Å²) in [7, 11) is 0. The van der Waals surface area contributed by atoms with Gasteiger partial charge < -0.3 is 4.74 Å². The molecule has 0 unspecified atom stereocenters. The molecule has 0 aliphatic heterocycles. The maximum atomic E-state index is 5.96. The van der Waals surface area contributed by atoms with Gasteiger partial charge in [-0.25, -0.2) is 4.98 Å². The number of aryl methyl sites for hydroxylation is 1. The Labute approximate surface area is 130 Å². The number of hydrogen-bond acceptors (Lipinski definition) is 5. The Morgan fingerprint density at radius 3 is 2.95 bits per heavy atom. The van der Waals surface area contributed by atoms with Gasteiger partial charge in [-0.2, -0.15) is 4.98 Å². The summed E-state index contributed by atoms with van der Waals surface area (Å²) in [6.45, 7) is 2.72. The van der Waals surface area contributed by atoms with E-state index >= 15 is 0 Å². The Kier molecular flexibility index (Phi) is 4.19. The molecule has 3 rings (SSSR count). The van der Waals surface area contributed by atoms with Gasteiger partial charge in [-0.15, -0.1) is 22.7 Å². The second kappa shape index (κ2) is 6.08. The van der Waals surface area contributed by atoms with Crippen molar-refractivity contribution < 1.29 is 4.74 Å².